The molecule has 2 aliphatic rings. The van der Waals surface area contributed by atoms with Crippen molar-refractivity contribution >= 4 is 12.0 Å². The lowest BCUT2D eigenvalue weighted by atomic mass is 9.78. The van der Waals surface area contributed by atoms with Gasteiger partial charge in [-0.3, -0.25) is 4.79 Å². The third-order valence-corrected chi connectivity index (χ3v) is 5.91. The van der Waals surface area contributed by atoms with Crippen LogP contribution in [0, 0.1) is 11.8 Å². The Labute approximate surface area is 163 Å². The van der Waals surface area contributed by atoms with Gasteiger partial charge in [0.15, 0.2) is 0 Å². The Morgan fingerprint density at radius 1 is 1.18 bits per heavy atom. The number of ether oxygens (including phenoxy) is 1. The summed E-state index contributed by atoms with van der Waals surface area (Å²) in [5.74, 6) is -4.11. The van der Waals surface area contributed by atoms with Gasteiger partial charge in [0, 0.05) is 0 Å². The Kier molecular flexibility index (Phi) is 5.73. The van der Waals surface area contributed by atoms with Gasteiger partial charge in [-0.1, -0.05) is 49.6 Å². The fourth-order valence-electron chi connectivity index (χ4n) is 4.42. The molecule has 2 amide bonds. The van der Waals surface area contributed by atoms with Crippen molar-refractivity contribution in [2.45, 2.75) is 70.2 Å². The van der Waals surface area contributed by atoms with Crippen molar-refractivity contribution in [3.8, 4) is 0 Å². The Morgan fingerprint density at radius 3 is 2.36 bits per heavy atom. The van der Waals surface area contributed by atoms with Crippen molar-refractivity contribution in [3.05, 3.63) is 35.9 Å². The summed E-state index contributed by atoms with van der Waals surface area (Å²) in [4.78, 5) is 26.3. The molecule has 1 aromatic carbocycles. The first-order chi connectivity index (χ1) is 13.1. The van der Waals surface area contributed by atoms with Crippen LogP contribution in [0.25, 0.3) is 0 Å². The van der Waals surface area contributed by atoms with E-state index in [4.69, 9.17) is 4.74 Å². The van der Waals surface area contributed by atoms with E-state index in [9.17, 15) is 22.8 Å². The zero-order valence-electron chi connectivity index (χ0n) is 16.2. The molecule has 0 spiro atoms. The highest BCUT2D eigenvalue weighted by molar-refractivity contribution is 5.96. The largest absolute Gasteiger partial charge is 0.441 e. The summed E-state index contributed by atoms with van der Waals surface area (Å²) in [6, 6.07) is 8.31. The molecule has 1 saturated heterocycles. The lowest BCUT2D eigenvalue weighted by Gasteiger charge is -2.35. The molecule has 1 saturated carbocycles. The summed E-state index contributed by atoms with van der Waals surface area (Å²) in [5, 5.41) is 0. The van der Waals surface area contributed by atoms with Gasteiger partial charge in [0.05, 0.1) is 6.04 Å². The molecule has 1 heterocycles. The topological polar surface area (TPSA) is 46.6 Å². The predicted molar refractivity (Wildman–Crippen MR) is 97.5 cm³/mol. The van der Waals surface area contributed by atoms with Gasteiger partial charge in [-0.05, 0) is 44.6 Å². The monoisotopic (exact) mass is 397 g/mol. The van der Waals surface area contributed by atoms with E-state index in [2.05, 4.69) is 0 Å². The van der Waals surface area contributed by atoms with Crippen molar-refractivity contribution in [1.29, 1.82) is 0 Å². The standard InChI is InChI=1S/C21H26F3NO3/c1-20(2)16(13-14-9-5-3-6-10-14)25(19(27)28-20)18(26)17(21(22,23)24)15-11-7-4-8-12-15/h3,5-6,9-10,15-17H,4,7-8,11-13H2,1-2H3/t16-,17-/m0/s1. The van der Waals surface area contributed by atoms with Gasteiger partial charge in [0.25, 0.3) is 0 Å². The van der Waals surface area contributed by atoms with Crippen LogP contribution in [0.15, 0.2) is 30.3 Å². The van der Waals surface area contributed by atoms with E-state index in [0.717, 1.165) is 16.9 Å². The first kappa shape index (κ1) is 20.7. The number of carbonyl (C=O) groups is 2. The number of carbonyl (C=O) groups excluding carboxylic acids is 2. The minimum Gasteiger partial charge on any atom is -0.441 e. The molecule has 3 rings (SSSR count). The summed E-state index contributed by atoms with van der Waals surface area (Å²) in [7, 11) is 0. The highest BCUT2D eigenvalue weighted by atomic mass is 19.4. The van der Waals surface area contributed by atoms with E-state index in [0.29, 0.717) is 25.7 Å². The summed E-state index contributed by atoms with van der Waals surface area (Å²) in [5.41, 5.74) is -0.233. The first-order valence-electron chi connectivity index (χ1n) is 9.78. The van der Waals surface area contributed by atoms with Gasteiger partial charge < -0.3 is 4.74 Å². The van der Waals surface area contributed by atoms with Crippen molar-refractivity contribution in [2.75, 3.05) is 0 Å². The molecule has 2 fully saturated rings. The second kappa shape index (κ2) is 7.76. The molecule has 0 aromatic heterocycles. The number of nitrogens with zero attached hydrogens (tertiary/aromatic N) is 1. The van der Waals surface area contributed by atoms with Crippen molar-refractivity contribution in [3.63, 3.8) is 0 Å². The maximum Gasteiger partial charge on any atom is 0.417 e. The molecule has 2 atom stereocenters. The van der Waals surface area contributed by atoms with Gasteiger partial charge in [-0.25, -0.2) is 9.69 Å². The second-order valence-electron chi connectivity index (χ2n) is 8.30. The van der Waals surface area contributed by atoms with Gasteiger partial charge in [-0.2, -0.15) is 13.2 Å². The molecular weight excluding hydrogens is 371 g/mol. The molecule has 4 nitrogen and oxygen atoms in total. The lowest BCUT2D eigenvalue weighted by Crippen LogP contribution is -2.52. The molecule has 28 heavy (non-hydrogen) atoms. The molecule has 0 N–H and O–H groups in total. The zero-order valence-corrected chi connectivity index (χ0v) is 16.2. The summed E-state index contributed by atoms with van der Waals surface area (Å²) in [6.45, 7) is 3.27. The number of imide groups is 1. The number of alkyl halides is 3. The highest BCUT2D eigenvalue weighted by Crippen LogP contribution is 2.43. The Balaban J connectivity index is 1.92. The van der Waals surface area contributed by atoms with Crippen LogP contribution < -0.4 is 0 Å². The van der Waals surface area contributed by atoms with Crippen LogP contribution in [0.2, 0.25) is 0 Å². The van der Waals surface area contributed by atoms with Crippen LogP contribution in [-0.2, 0) is 16.0 Å². The van der Waals surface area contributed by atoms with E-state index in [1.54, 1.807) is 13.8 Å². The van der Waals surface area contributed by atoms with Crippen molar-refractivity contribution < 1.29 is 27.5 Å². The van der Waals surface area contributed by atoms with Gasteiger partial charge in [0.2, 0.25) is 5.91 Å². The summed E-state index contributed by atoms with van der Waals surface area (Å²) in [6.07, 6.45) is -2.49. The van der Waals surface area contributed by atoms with Crippen LogP contribution in [0.5, 0.6) is 0 Å². The zero-order chi connectivity index (χ0) is 20.5. The van der Waals surface area contributed by atoms with Crippen LogP contribution in [0.1, 0.15) is 51.5 Å². The maximum absolute atomic E-state index is 13.9. The number of cyclic esters (lactones) is 1. The van der Waals surface area contributed by atoms with Crippen molar-refractivity contribution in [1.82, 2.24) is 4.90 Å². The van der Waals surface area contributed by atoms with Crippen molar-refractivity contribution in [2.24, 2.45) is 11.8 Å². The maximum atomic E-state index is 13.9. The fourth-order valence-corrected chi connectivity index (χ4v) is 4.42. The minimum absolute atomic E-state index is 0.251. The van der Waals surface area contributed by atoms with E-state index in [-0.39, 0.29) is 6.42 Å². The van der Waals surface area contributed by atoms with Gasteiger partial charge in [0.1, 0.15) is 11.5 Å². The van der Waals surface area contributed by atoms with E-state index < -0.39 is 41.7 Å². The average molecular weight is 397 g/mol. The summed E-state index contributed by atoms with van der Waals surface area (Å²) < 4.78 is 47.0. The van der Waals surface area contributed by atoms with E-state index in [1.165, 1.54) is 0 Å². The summed E-state index contributed by atoms with van der Waals surface area (Å²) >= 11 is 0. The Morgan fingerprint density at radius 2 is 1.79 bits per heavy atom. The number of hydrogen-bond donors (Lipinski definition) is 0. The van der Waals surface area contributed by atoms with Crippen LogP contribution in [0.3, 0.4) is 0 Å². The third kappa shape index (κ3) is 4.18. The molecule has 7 heteroatoms. The highest BCUT2D eigenvalue weighted by Gasteiger charge is 2.57. The number of amides is 2. The predicted octanol–water partition coefficient (Wildman–Crippen LogP) is 5.11. The number of halogens is 3. The normalized spacial score (nSPS) is 24.1. The third-order valence-electron chi connectivity index (χ3n) is 5.91. The number of hydrogen-bond acceptors (Lipinski definition) is 3. The Bertz CT molecular complexity index is 711. The Hall–Kier alpha value is -2.05. The molecule has 1 aliphatic carbocycles. The average Bonchev–Trinajstić information content (AvgIpc) is 2.84. The molecule has 154 valence electrons. The smallest absolute Gasteiger partial charge is 0.417 e. The van der Waals surface area contributed by atoms with Gasteiger partial charge >= 0.3 is 12.3 Å². The quantitative estimate of drug-likeness (QED) is 0.709. The number of benzene rings is 1. The molecule has 0 bridgehead atoms. The van der Waals surface area contributed by atoms with Crippen LogP contribution in [0.4, 0.5) is 18.0 Å². The molecule has 1 aromatic rings. The second-order valence-corrected chi connectivity index (χ2v) is 8.30. The lowest BCUT2D eigenvalue weighted by molar-refractivity contribution is -0.200. The SMILES string of the molecule is CC1(C)OC(=O)N(C(=O)[C@H](C2CCCCC2)C(F)(F)F)[C@H]1Cc1ccccc1. The molecular formula is C21H26F3NO3. The molecule has 0 radical (unpaired) electrons. The minimum atomic E-state index is -4.69. The van der Waals surface area contributed by atoms with E-state index in [1.807, 2.05) is 30.3 Å². The van der Waals surface area contributed by atoms with E-state index >= 15 is 0 Å². The number of rotatable bonds is 4. The van der Waals surface area contributed by atoms with Crippen LogP contribution >= 0.6 is 0 Å². The molecule has 1 aliphatic heterocycles. The van der Waals surface area contributed by atoms with Crippen LogP contribution in [-0.4, -0.2) is 34.7 Å². The first-order valence-corrected chi connectivity index (χ1v) is 9.78. The fraction of sp³-hybridized carbons (Fsp3) is 0.619. The van der Waals surface area contributed by atoms with Gasteiger partial charge in [-0.15, -0.1) is 0 Å². The molecule has 0 unspecified atom stereocenters.